The minimum Gasteiger partial charge on any atom is -0.494 e. The van der Waals surface area contributed by atoms with Crippen LogP contribution in [0, 0.1) is 6.92 Å². The molecule has 0 fully saturated rings. The Morgan fingerprint density at radius 1 is 0.962 bits per heavy atom. The van der Waals surface area contributed by atoms with E-state index in [0.29, 0.717) is 18.0 Å². The Kier molecular flexibility index (Phi) is 5.49. The first-order chi connectivity index (χ1) is 12.6. The van der Waals surface area contributed by atoms with Crippen molar-refractivity contribution in [1.29, 1.82) is 0 Å². The van der Waals surface area contributed by atoms with E-state index < -0.39 is 0 Å². The standard InChI is InChI=1S/C21H21N3O2/c1-3-26-19-10-8-17(9-11-19)24-21(25)20-14-18(12-13-22-20)23-16-6-4-15(2)5-7-16/h4-14H,3H2,1-2H3,(H,22,23)(H,24,25). The summed E-state index contributed by atoms with van der Waals surface area (Å²) in [7, 11) is 0. The second-order valence-electron chi connectivity index (χ2n) is 5.83. The highest BCUT2D eigenvalue weighted by Gasteiger charge is 2.09. The van der Waals surface area contributed by atoms with Crippen molar-refractivity contribution in [2.24, 2.45) is 0 Å². The second kappa shape index (κ2) is 8.16. The van der Waals surface area contributed by atoms with E-state index in [1.165, 1.54) is 5.56 Å². The number of hydrogen-bond acceptors (Lipinski definition) is 4. The average molecular weight is 347 g/mol. The summed E-state index contributed by atoms with van der Waals surface area (Å²) in [6, 6.07) is 18.9. The van der Waals surface area contributed by atoms with Crippen molar-refractivity contribution in [1.82, 2.24) is 4.98 Å². The average Bonchev–Trinajstić information content (AvgIpc) is 2.66. The van der Waals surface area contributed by atoms with E-state index in [-0.39, 0.29) is 5.91 Å². The Morgan fingerprint density at radius 2 is 1.65 bits per heavy atom. The van der Waals surface area contributed by atoms with Gasteiger partial charge in [-0.3, -0.25) is 9.78 Å². The molecule has 5 heteroatoms. The number of hydrogen-bond donors (Lipinski definition) is 2. The fourth-order valence-electron chi connectivity index (χ4n) is 2.43. The van der Waals surface area contributed by atoms with Crippen LogP contribution in [0.15, 0.2) is 66.9 Å². The first-order valence-corrected chi connectivity index (χ1v) is 8.48. The fraction of sp³-hybridized carbons (Fsp3) is 0.143. The minimum absolute atomic E-state index is 0.262. The van der Waals surface area contributed by atoms with Crippen LogP contribution >= 0.6 is 0 Å². The van der Waals surface area contributed by atoms with Crippen molar-refractivity contribution in [2.75, 3.05) is 17.2 Å². The molecule has 1 amide bonds. The predicted molar refractivity (Wildman–Crippen MR) is 104 cm³/mol. The number of nitrogens with zero attached hydrogens (tertiary/aromatic N) is 1. The van der Waals surface area contributed by atoms with Crippen molar-refractivity contribution < 1.29 is 9.53 Å². The van der Waals surface area contributed by atoms with Gasteiger partial charge in [-0.25, -0.2) is 0 Å². The third-order valence-electron chi connectivity index (χ3n) is 3.76. The predicted octanol–water partition coefficient (Wildman–Crippen LogP) is 4.78. The molecule has 0 unspecified atom stereocenters. The van der Waals surface area contributed by atoms with Crippen LogP contribution in [0.5, 0.6) is 5.75 Å². The zero-order chi connectivity index (χ0) is 18.4. The molecule has 2 aromatic carbocycles. The third kappa shape index (κ3) is 4.60. The molecule has 132 valence electrons. The number of benzene rings is 2. The Hall–Kier alpha value is -3.34. The monoisotopic (exact) mass is 347 g/mol. The van der Waals surface area contributed by atoms with E-state index in [0.717, 1.165) is 17.1 Å². The van der Waals surface area contributed by atoms with Gasteiger partial charge in [-0.05, 0) is 62.4 Å². The SMILES string of the molecule is CCOc1ccc(NC(=O)c2cc(Nc3ccc(C)cc3)ccn2)cc1. The molecule has 0 aliphatic heterocycles. The molecule has 3 aromatic rings. The van der Waals surface area contributed by atoms with Gasteiger partial charge in [0.1, 0.15) is 11.4 Å². The van der Waals surface area contributed by atoms with Crippen LogP contribution in [0.4, 0.5) is 17.1 Å². The van der Waals surface area contributed by atoms with E-state index in [1.807, 2.05) is 56.3 Å². The number of carbonyl (C=O) groups is 1. The molecule has 5 nitrogen and oxygen atoms in total. The van der Waals surface area contributed by atoms with Crippen molar-refractivity contribution in [3.8, 4) is 5.75 Å². The van der Waals surface area contributed by atoms with Gasteiger partial charge < -0.3 is 15.4 Å². The maximum Gasteiger partial charge on any atom is 0.274 e. The Bertz CT molecular complexity index is 875. The van der Waals surface area contributed by atoms with Gasteiger partial charge in [0.2, 0.25) is 0 Å². The molecule has 2 N–H and O–H groups in total. The van der Waals surface area contributed by atoms with Gasteiger partial charge in [-0.2, -0.15) is 0 Å². The topological polar surface area (TPSA) is 63.2 Å². The number of amides is 1. The lowest BCUT2D eigenvalue weighted by molar-refractivity contribution is 0.102. The van der Waals surface area contributed by atoms with Gasteiger partial charge >= 0.3 is 0 Å². The number of carbonyl (C=O) groups excluding carboxylic acids is 1. The molecule has 1 aromatic heterocycles. The van der Waals surface area contributed by atoms with Crippen LogP contribution in [-0.2, 0) is 0 Å². The Labute approximate surface area is 153 Å². The molecule has 0 aliphatic carbocycles. The van der Waals surface area contributed by atoms with Crippen molar-refractivity contribution in [3.63, 3.8) is 0 Å². The van der Waals surface area contributed by atoms with E-state index in [9.17, 15) is 4.79 Å². The van der Waals surface area contributed by atoms with Crippen molar-refractivity contribution >= 4 is 23.0 Å². The highest BCUT2D eigenvalue weighted by atomic mass is 16.5. The Balaban J connectivity index is 1.68. The molecule has 0 saturated heterocycles. The number of anilines is 3. The van der Waals surface area contributed by atoms with E-state index in [1.54, 1.807) is 24.4 Å². The smallest absolute Gasteiger partial charge is 0.274 e. The number of nitrogens with one attached hydrogen (secondary N) is 2. The largest absolute Gasteiger partial charge is 0.494 e. The van der Waals surface area contributed by atoms with Gasteiger partial charge in [-0.1, -0.05) is 17.7 Å². The molecule has 3 rings (SSSR count). The third-order valence-corrected chi connectivity index (χ3v) is 3.76. The van der Waals surface area contributed by atoms with Crippen LogP contribution < -0.4 is 15.4 Å². The zero-order valence-electron chi connectivity index (χ0n) is 14.8. The molecule has 0 aliphatic rings. The second-order valence-corrected chi connectivity index (χ2v) is 5.83. The zero-order valence-corrected chi connectivity index (χ0v) is 14.8. The van der Waals surface area contributed by atoms with Gasteiger partial charge in [0, 0.05) is 23.3 Å². The van der Waals surface area contributed by atoms with Crippen LogP contribution in [0.1, 0.15) is 23.0 Å². The number of aromatic nitrogens is 1. The molecule has 0 radical (unpaired) electrons. The minimum atomic E-state index is -0.262. The molecular formula is C21H21N3O2. The van der Waals surface area contributed by atoms with Gasteiger partial charge in [0.15, 0.2) is 0 Å². The highest BCUT2D eigenvalue weighted by molar-refractivity contribution is 6.03. The van der Waals surface area contributed by atoms with Gasteiger partial charge in [-0.15, -0.1) is 0 Å². The number of ether oxygens (including phenoxy) is 1. The highest BCUT2D eigenvalue weighted by Crippen LogP contribution is 2.19. The summed E-state index contributed by atoms with van der Waals surface area (Å²) in [5.41, 5.74) is 3.99. The maximum atomic E-state index is 12.4. The molecule has 0 spiro atoms. The number of aryl methyl sites for hydroxylation is 1. The maximum absolute atomic E-state index is 12.4. The summed E-state index contributed by atoms with van der Waals surface area (Å²) >= 11 is 0. The number of rotatable bonds is 6. The van der Waals surface area contributed by atoms with Crippen LogP contribution in [0.3, 0.4) is 0 Å². The quantitative estimate of drug-likeness (QED) is 0.673. The summed E-state index contributed by atoms with van der Waals surface area (Å²) in [5.74, 6) is 0.509. The summed E-state index contributed by atoms with van der Waals surface area (Å²) in [6.07, 6.45) is 1.61. The van der Waals surface area contributed by atoms with Gasteiger partial charge in [0.05, 0.1) is 6.61 Å². The van der Waals surface area contributed by atoms with E-state index in [4.69, 9.17) is 4.74 Å². The summed E-state index contributed by atoms with van der Waals surface area (Å²) in [6.45, 7) is 4.58. The lowest BCUT2D eigenvalue weighted by Gasteiger charge is -2.09. The summed E-state index contributed by atoms with van der Waals surface area (Å²) < 4.78 is 5.40. The van der Waals surface area contributed by atoms with Crippen molar-refractivity contribution in [3.05, 3.63) is 78.1 Å². The van der Waals surface area contributed by atoms with E-state index >= 15 is 0 Å². The molecule has 0 atom stereocenters. The lowest BCUT2D eigenvalue weighted by Crippen LogP contribution is -2.13. The normalized spacial score (nSPS) is 10.2. The number of pyridine rings is 1. The van der Waals surface area contributed by atoms with Crippen molar-refractivity contribution in [2.45, 2.75) is 13.8 Å². The van der Waals surface area contributed by atoms with Crippen LogP contribution in [0.2, 0.25) is 0 Å². The molecule has 0 saturated carbocycles. The summed E-state index contributed by atoms with van der Waals surface area (Å²) in [5, 5.41) is 6.12. The fourth-order valence-corrected chi connectivity index (χ4v) is 2.43. The van der Waals surface area contributed by atoms with Crippen LogP contribution in [-0.4, -0.2) is 17.5 Å². The molecule has 0 bridgehead atoms. The molecule has 1 heterocycles. The first-order valence-electron chi connectivity index (χ1n) is 8.48. The Morgan fingerprint density at radius 3 is 2.35 bits per heavy atom. The van der Waals surface area contributed by atoms with Crippen LogP contribution in [0.25, 0.3) is 0 Å². The first kappa shape index (κ1) is 17.5. The van der Waals surface area contributed by atoms with E-state index in [2.05, 4.69) is 15.6 Å². The lowest BCUT2D eigenvalue weighted by atomic mass is 10.2. The molecule has 26 heavy (non-hydrogen) atoms. The molecular weight excluding hydrogens is 326 g/mol. The van der Waals surface area contributed by atoms with Gasteiger partial charge in [0.25, 0.3) is 5.91 Å². The summed E-state index contributed by atoms with van der Waals surface area (Å²) in [4.78, 5) is 16.6.